The fraction of sp³-hybridized carbons (Fsp3) is 0.366. The van der Waals surface area contributed by atoms with Crippen LogP contribution in [0.4, 0.5) is 17.1 Å². The van der Waals surface area contributed by atoms with Gasteiger partial charge in [0.05, 0.1) is 23.1 Å². The molecule has 1 amide bonds. The number of rotatable bonds is 17. The molecule has 56 heavy (non-hydrogen) atoms. The largest absolute Gasteiger partial charge is 0.508 e. The summed E-state index contributed by atoms with van der Waals surface area (Å²) >= 11 is 0. The topological polar surface area (TPSA) is 204 Å². The average Bonchev–Trinajstić information content (AvgIpc) is 3.17. The van der Waals surface area contributed by atoms with E-state index in [-0.39, 0.29) is 72.5 Å². The number of nitro benzene ring substituents is 2. The van der Waals surface area contributed by atoms with Crippen LogP contribution in [0.3, 0.4) is 0 Å². The summed E-state index contributed by atoms with van der Waals surface area (Å²) in [7, 11) is 1.40. The van der Waals surface area contributed by atoms with Crippen molar-refractivity contribution in [3.05, 3.63) is 121 Å². The van der Waals surface area contributed by atoms with Crippen LogP contribution in [-0.2, 0) is 29.2 Å². The summed E-state index contributed by atoms with van der Waals surface area (Å²) in [5.74, 6) is -0.219. The van der Waals surface area contributed by atoms with Crippen molar-refractivity contribution in [2.45, 2.75) is 65.8 Å². The number of aromatic hydroxyl groups is 1. The normalized spacial score (nSPS) is 16.6. The molecule has 15 heteroatoms. The zero-order valence-electron chi connectivity index (χ0n) is 31.7. The Bertz CT molecular complexity index is 2050. The van der Waals surface area contributed by atoms with Crippen molar-refractivity contribution >= 4 is 28.9 Å². The van der Waals surface area contributed by atoms with Crippen LogP contribution in [-0.4, -0.2) is 51.8 Å². The van der Waals surface area contributed by atoms with Crippen molar-refractivity contribution in [1.82, 2.24) is 5.32 Å². The predicted molar refractivity (Wildman–Crippen MR) is 207 cm³/mol. The minimum absolute atomic E-state index is 0.00729. The summed E-state index contributed by atoms with van der Waals surface area (Å²) in [5, 5.41) is 46.5. The van der Waals surface area contributed by atoms with Gasteiger partial charge in [0.15, 0.2) is 11.5 Å². The van der Waals surface area contributed by atoms with Crippen LogP contribution in [0.2, 0.25) is 0 Å². The van der Waals surface area contributed by atoms with E-state index in [1.165, 1.54) is 37.8 Å². The lowest BCUT2D eigenvalue weighted by atomic mass is 9.72. The Balaban J connectivity index is 1.39. The number of carboxylic acids is 1. The molecule has 3 atom stereocenters. The molecule has 0 aliphatic heterocycles. The third-order valence-electron chi connectivity index (χ3n) is 10.1. The Morgan fingerprint density at radius 3 is 2.25 bits per heavy atom. The monoisotopic (exact) mass is 770 g/mol. The standard InChI is InChI=1S/C41H46N4O11/c1-25(2)39-26(3)7-5-9-36(39)55-24-38(47)42-21-27-11-13-30(14-12-27)43(23-29-19-31(44(50)51)15-17-34(29)46)22-28-8-6-10-37(54-4)40(28)56-35-18-16-32(45(52)53)20-33(35)41(48)49/h6,8,10-20,25-26,36,39,46H,5,7,9,21-24H2,1-4H3,(H,42,47)(H,48,49). The number of hydrogen-bond donors (Lipinski definition) is 3. The number of carboxylic acid groups (broad SMARTS) is 1. The number of non-ortho nitro benzene ring substituents is 2. The molecule has 5 rings (SSSR count). The average molecular weight is 771 g/mol. The lowest BCUT2D eigenvalue weighted by molar-refractivity contribution is -0.385. The Morgan fingerprint density at radius 1 is 0.911 bits per heavy atom. The molecule has 3 N–H and O–H groups in total. The number of nitrogens with one attached hydrogen (secondary N) is 1. The van der Waals surface area contributed by atoms with Crippen molar-refractivity contribution in [2.75, 3.05) is 18.6 Å². The van der Waals surface area contributed by atoms with Crippen LogP contribution < -0.4 is 19.7 Å². The smallest absolute Gasteiger partial charge is 0.339 e. The number of anilines is 1. The molecular weight excluding hydrogens is 724 g/mol. The van der Waals surface area contributed by atoms with Crippen LogP contribution in [0.15, 0.2) is 78.9 Å². The number of carbonyl (C=O) groups is 2. The number of amides is 1. The number of ether oxygens (including phenoxy) is 3. The van der Waals surface area contributed by atoms with Gasteiger partial charge in [-0.25, -0.2) is 4.79 Å². The van der Waals surface area contributed by atoms with Crippen LogP contribution in [0.25, 0.3) is 0 Å². The summed E-state index contributed by atoms with van der Waals surface area (Å²) in [4.78, 5) is 48.5. The maximum atomic E-state index is 12.8. The zero-order valence-corrected chi connectivity index (χ0v) is 31.7. The van der Waals surface area contributed by atoms with Gasteiger partial charge in [-0.1, -0.05) is 57.9 Å². The van der Waals surface area contributed by atoms with Gasteiger partial charge in [-0.2, -0.15) is 0 Å². The lowest BCUT2D eigenvalue weighted by Gasteiger charge is -2.38. The molecule has 296 valence electrons. The quantitative estimate of drug-likeness (QED) is 0.0690. The van der Waals surface area contributed by atoms with E-state index in [1.54, 1.807) is 18.2 Å². The number of hydrogen-bond acceptors (Lipinski definition) is 11. The van der Waals surface area contributed by atoms with Crippen molar-refractivity contribution in [1.29, 1.82) is 0 Å². The maximum Gasteiger partial charge on any atom is 0.339 e. The van der Waals surface area contributed by atoms with E-state index in [0.29, 0.717) is 29.0 Å². The number of nitrogens with zero attached hydrogens (tertiary/aromatic N) is 3. The highest BCUT2D eigenvalue weighted by atomic mass is 16.6. The molecule has 0 aromatic heterocycles. The van der Waals surface area contributed by atoms with E-state index in [1.807, 2.05) is 29.2 Å². The highest BCUT2D eigenvalue weighted by Gasteiger charge is 2.34. The van der Waals surface area contributed by atoms with Gasteiger partial charge in [-0.15, -0.1) is 0 Å². The zero-order chi connectivity index (χ0) is 40.5. The van der Waals surface area contributed by atoms with E-state index in [2.05, 4.69) is 26.1 Å². The summed E-state index contributed by atoms with van der Waals surface area (Å²) in [6.45, 7) is 6.92. The summed E-state index contributed by atoms with van der Waals surface area (Å²) in [6.07, 6.45) is 3.23. The second-order valence-corrected chi connectivity index (χ2v) is 14.2. The van der Waals surface area contributed by atoms with Gasteiger partial charge in [0, 0.05) is 60.7 Å². The van der Waals surface area contributed by atoms with E-state index in [0.717, 1.165) is 30.5 Å². The Kier molecular flexibility index (Phi) is 13.5. The number of phenols is 1. The Morgan fingerprint density at radius 2 is 1.59 bits per heavy atom. The van der Waals surface area contributed by atoms with E-state index >= 15 is 0 Å². The minimum atomic E-state index is -1.44. The third-order valence-corrected chi connectivity index (χ3v) is 10.1. The van der Waals surface area contributed by atoms with Gasteiger partial charge in [-0.3, -0.25) is 25.0 Å². The minimum Gasteiger partial charge on any atom is -0.508 e. The van der Waals surface area contributed by atoms with Gasteiger partial charge >= 0.3 is 5.97 Å². The SMILES string of the molecule is COc1cccc(CN(Cc2cc([N+](=O)[O-])ccc2O)c2ccc(CNC(=O)COC3CCCC(C)C3C(C)C)cc2)c1Oc1ccc([N+](=O)[O-])cc1C(=O)O. The summed E-state index contributed by atoms with van der Waals surface area (Å²) in [6, 6.07) is 19.3. The second-order valence-electron chi connectivity index (χ2n) is 14.2. The molecule has 15 nitrogen and oxygen atoms in total. The molecule has 4 aromatic rings. The van der Waals surface area contributed by atoms with Crippen LogP contribution in [0, 0.1) is 38.0 Å². The molecule has 4 aromatic carbocycles. The van der Waals surface area contributed by atoms with Gasteiger partial charge in [0.25, 0.3) is 11.4 Å². The fourth-order valence-electron chi connectivity index (χ4n) is 7.35. The first-order valence-electron chi connectivity index (χ1n) is 18.3. The number of methoxy groups -OCH3 is 1. The molecule has 1 aliphatic rings. The first-order chi connectivity index (χ1) is 26.7. The fourth-order valence-corrected chi connectivity index (χ4v) is 7.35. The molecule has 1 fully saturated rings. The van der Waals surface area contributed by atoms with Gasteiger partial charge in [0.2, 0.25) is 5.91 Å². The molecule has 1 aliphatic carbocycles. The second kappa shape index (κ2) is 18.4. The summed E-state index contributed by atoms with van der Waals surface area (Å²) < 4.78 is 17.8. The molecule has 3 unspecified atom stereocenters. The molecule has 0 bridgehead atoms. The number of phenolic OH excluding ortho intramolecular Hbond substituents is 1. The van der Waals surface area contributed by atoms with E-state index in [4.69, 9.17) is 14.2 Å². The summed E-state index contributed by atoms with van der Waals surface area (Å²) in [5.41, 5.74) is 1.11. The van der Waals surface area contributed by atoms with Crippen molar-refractivity contribution in [3.63, 3.8) is 0 Å². The molecule has 0 spiro atoms. The number of aromatic carboxylic acids is 1. The molecule has 1 saturated carbocycles. The number of para-hydroxylation sites is 1. The van der Waals surface area contributed by atoms with Gasteiger partial charge < -0.3 is 34.6 Å². The van der Waals surface area contributed by atoms with E-state index in [9.17, 15) is 40.0 Å². The Labute approximate surface area is 324 Å². The van der Waals surface area contributed by atoms with Crippen LogP contribution in [0.5, 0.6) is 23.0 Å². The first kappa shape index (κ1) is 41.0. The molecular formula is C41H46N4O11. The predicted octanol–water partition coefficient (Wildman–Crippen LogP) is 8.01. The van der Waals surface area contributed by atoms with Crippen LogP contribution in [0.1, 0.15) is 67.1 Å². The molecule has 0 saturated heterocycles. The van der Waals surface area contributed by atoms with Crippen molar-refractivity contribution < 1.29 is 43.9 Å². The maximum absolute atomic E-state index is 12.8. The highest BCUT2D eigenvalue weighted by Crippen LogP contribution is 2.40. The molecule has 0 heterocycles. The third kappa shape index (κ3) is 10.1. The van der Waals surface area contributed by atoms with Crippen LogP contribution >= 0.6 is 0 Å². The van der Waals surface area contributed by atoms with Crippen molar-refractivity contribution in [3.8, 4) is 23.0 Å². The number of carbonyl (C=O) groups excluding carboxylic acids is 1. The van der Waals surface area contributed by atoms with E-state index < -0.39 is 27.1 Å². The number of benzene rings is 4. The first-order valence-corrected chi connectivity index (χ1v) is 18.3. The Hall–Kier alpha value is -6.22. The highest BCUT2D eigenvalue weighted by molar-refractivity contribution is 5.92. The van der Waals surface area contributed by atoms with Crippen molar-refractivity contribution in [2.24, 2.45) is 17.8 Å². The molecule has 0 radical (unpaired) electrons. The van der Waals surface area contributed by atoms with Gasteiger partial charge in [-0.05, 0) is 60.1 Å². The number of nitro groups is 2. The lowest BCUT2D eigenvalue weighted by Crippen LogP contribution is -2.39. The van der Waals surface area contributed by atoms with Gasteiger partial charge in [0.1, 0.15) is 23.7 Å².